The van der Waals surface area contributed by atoms with E-state index in [0.29, 0.717) is 19.3 Å². The van der Waals surface area contributed by atoms with Crippen molar-refractivity contribution in [1.29, 1.82) is 0 Å². The molecule has 0 N–H and O–H groups in total. The lowest BCUT2D eigenvalue weighted by atomic mass is 10.0. The lowest BCUT2D eigenvalue weighted by Crippen LogP contribution is -2.30. The van der Waals surface area contributed by atoms with E-state index in [9.17, 15) is 14.4 Å². The normalized spacial score (nSPS) is 12.0. The van der Waals surface area contributed by atoms with Crippen LogP contribution in [0, 0.1) is 5.92 Å². The van der Waals surface area contributed by atoms with E-state index in [0.717, 1.165) is 63.7 Å². The minimum Gasteiger partial charge on any atom is -0.462 e. The summed E-state index contributed by atoms with van der Waals surface area (Å²) >= 11 is 0. The molecule has 0 bridgehead atoms. The fourth-order valence-corrected chi connectivity index (χ4v) is 9.46. The molecule has 0 heterocycles. The number of carbonyl (C=O) groups is 3. The Morgan fingerprint density at radius 1 is 0.284 bits per heavy atom. The number of unbranched alkanes of at least 4 members (excludes halogenated alkanes) is 43. The maximum Gasteiger partial charge on any atom is 0.306 e. The molecular weight excluding hydrogens is 829 g/mol. The summed E-state index contributed by atoms with van der Waals surface area (Å²) in [7, 11) is 0. The first-order chi connectivity index (χ1) is 32.9. The molecule has 0 fully saturated rings. The molecule has 0 aliphatic rings. The van der Waals surface area contributed by atoms with Crippen LogP contribution in [0.15, 0.2) is 0 Å². The summed E-state index contributed by atoms with van der Waals surface area (Å²) in [5.74, 6) is 0.0265. The molecule has 0 aliphatic carbocycles. The van der Waals surface area contributed by atoms with Crippen LogP contribution < -0.4 is 0 Å². The Hall–Kier alpha value is -1.59. The van der Waals surface area contributed by atoms with E-state index >= 15 is 0 Å². The fourth-order valence-electron chi connectivity index (χ4n) is 9.46. The molecule has 0 aromatic carbocycles. The topological polar surface area (TPSA) is 78.9 Å². The summed E-state index contributed by atoms with van der Waals surface area (Å²) in [5, 5.41) is 0. The van der Waals surface area contributed by atoms with Crippen molar-refractivity contribution in [2.24, 2.45) is 5.92 Å². The lowest BCUT2D eigenvalue weighted by molar-refractivity contribution is -0.167. The monoisotopic (exact) mass is 947 g/mol. The number of rotatable bonds is 56. The third-order valence-corrected chi connectivity index (χ3v) is 14.0. The molecule has 0 aliphatic heterocycles. The minimum absolute atomic E-state index is 0.0614. The Balaban J connectivity index is 4.24. The number of carbonyl (C=O) groups excluding carboxylic acids is 3. The molecule has 0 aromatic heterocycles. The molecule has 6 nitrogen and oxygen atoms in total. The van der Waals surface area contributed by atoms with E-state index in [1.807, 2.05) is 0 Å². The van der Waals surface area contributed by atoms with Gasteiger partial charge in [0.15, 0.2) is 6.10 Å². The molecule has 6 heteroatoms. The molecule has 0 rings (SSSR count). The van der Waals surface area contributed by atoms with Gasteiger partial charge in [0.25, 0.3) is 0 Å². The largest absolute Gasteiger partial charge is 0.462 e. The predicted octanol–water partition coefficient (Wildman–Crippen LogP) is 20.2. The van der Waals surface area contributed by atoms with Crippen LogP contribution in [0.25, 0.3) is 0 Å². The van der Waals surface area contributed by atoms with Gasteiger partial charge in [0.05, 0.1) is 0 Å². The van der Waals surface area contributed by atoms with Gasteiger partial charge in [-0.3, -0.25) is 14.4 Å². The van der Waals surface area contributed by atoms with Crippen molar-refractivity contribution in [3.8, 4) is 0 Å². The summed E-state index contributed by atoms with van der Waals surface area (Å²) in [6, 6.07) is 0. The molecule has 0 unspecified atom stereocenters. The van der Waals surface area contributed by atoms with E-state index in [1.54, 1.807) is 0 Å². The fraction of sp³-hybridized carbons (Fsp3) is 0.951. The molecular formula is C61H118O6. The number of ether oxygens (including phenoxy) is 3. The molecule has 67 heavy (non-hydrogen) atoms. The second kappa shape index (κ2) is 55.3. The van der Waals surface area contributed by atoms with Crippen LogP contribution in [0.2, 0.25) is 0 Å². The minimum atomic E-state index is -0.762. The van der Waals surface area contributed by atoms with Gasteiger partial charge in [-0.05, 0) is 25.2 Å². The van der Waals surface area contributed by atoms with Crippen molar-refractivity contribution < 1.29 is 28.6 Å². The van der Waals surface area contributed by atoms with Crippen molar-refractivity contribution in [3.63, 3.8) is 0 Å². The van der Waals surface area contributed by atoms with Gasteiger partial charge < -0.3 is 14.2 Å². The summed E-state index contributed by atoms with van der Waals surface area (Å²) in [4.78, 5) is 38.2. The second-order valence-corrected chi connectivity index (χ2v) is 21.5. The first kappa shape index (κ1) is 65.4. The Kier molecular flexibility index (Phi) is 54.0. The van der Waals surface area contributed by atoms with Crippen LogP contribution in [0.5, 0.6) is 0 Å². The predicted molar refractivity (Wildman–Crippen MR) is 289 cm³/mol. The maximum atomic E-state index is 12.9. The summed E-state index contributed by atoms with van der Waals surface area (Å²) in [6.45, 7) is 9.08. The van der Waals surface area contributed by atoms with Gasteiger partial charge in [-0.1, -0.05) is 310 Å². The Bertz CT molecular complexity index is 1010. The maximum absolute atomic E-state index is 12.9. The number of hydrogen-bond donors (Lipinski definition) is 0. The van der Waals surface area contributed by atoms with E-state index < -0.39 is 6.10 Å². The molecule has 1 atom stereocenters. The third kappa shape index (κ3) is 55.2. The van der Waals surface area contributed by atoms with Gasteiger partial charge in [-0.15, -0.1) is 0 Å². The van der Waals surface area contributed by atoms with Crippen LogP contribution in [-0.4, -0.2) is 37.2 Å². The molecule has 0 saturated heterocycles. The van der Waals surface area contributed by atoms with Crippen molar-refractivity contribution >= 4 is 17.9 Å². The van der Waals surface area contributed by atoms with Crippen molar-refractivity contribution in [2.45, 2.75) is 355 Å². The third-order valence-electron chi connectivity index (χ3n) is 14.0. The lowest BCUT2D eigenvalue weighted by Gasteiger charge is -2.18. The molecule has 398 valence electrons. The highest BCUT2D eigenvalue weighted by atomic mass is 16.6. The first-order valence-electron chi connectivity index (χ1n) is 30.4. The van der Waals surface area contributed by atoms with Crippen molar-refractivity contribution in [2.75, 3.05) is 13.2 Å². The SMILES string of the molecule is CCCCCCCCCCCCCCCCCCC(=O)OC[C@H](COC(=O)CCCCCCCCCCCCCC)OC(=O)CCCCCCCCCCCCCCCCCCCCC(C)C. The molecule has 0 saturated carbocycles. The Labute approximate surface area is 418 Å². The number of esters is 3. The highest BCUT2D eigenvalue weighted by Gasteiger charge is 2.19. The standard InChI is InChI=1S/C61H118O6/c1-5-7-9-11-13-15-17-19-20-26-29-33-37-41-45-49-53-60(63)66-56-58(55-65-59(62)52-48-44-40-36-32-18-16-14-12-10-8-6-2)67-61(64)54-50-46-42-38-34-30-27-24-22-21-23-25-28-31-35-39-43-47-51-57(3)4/h57-58H,5-56H2,1-4H3/t58-/m0/s1. The van der Waals surface area contributed by atoms with Crippen LogP contribution >= 0.6 is 0 Å². The molecule has 0 radical (unpaired) electrons. The van der Waals surface area contributed by atoms with Crippen LogP contribution in [0.1, 0.15) is 349 Å². The van der Waals surface area contributed by atoms with E-state index in [2.05, 4.69) is 27.7 Å². The van der Waals surface area contributed by atoms with E-state index in [1.165, 1.54) is 244 Å². The quantitative estimate of drug-likeness (QED) is 0.0343. The average Bonchev–Trinajstić information content (AvgIpc) is 3.31. The highest BCUT2D eigenvalue weighted by Crippen LogP contribution is 2.18. The molecule has 0 amide bonds. The van der Waals surface area contributed by atoms with Crippen LogP contribution in [0.3, 0.4) is 0 Å². The van der Waals surface area contributed by atoms with E-state index in [4.69, 9.17) is 14.2 Å². The zero-order valence-corrected chi connectivity index (χ0v) is 45.9. The molecule has 0 aromatic rings. The van der Waals surface area contributed by atoms with Gasteiger partial charge in [0.1, 0.15) is 13.2 Å². The summed E-state index contributed by atoms with van der Waals surface area (Å²) in [6.07, 6.45) is 61.0. The summed E-state index contributed by atoms with van der Waals surface area (Å²) < 4.78 is 16.9. The zero-order chi connectivity index (χ0) is 48.8. The highest BCUT2D eigenvalue weighted by molar-refractivity contribution is 5.71. The van der Waals surface area contributed by atoms with Crippen molar-refractivity contribution in [3.05, 3.63) is 0 Å². The molecule has 0 spiro atoms. The van der Waals surface area contributed by atoms with Gasteiger partial charge in [-0.2, -0.15) is 0 Å². The Morgan fingerprint density at radius 3 is 0.731 bits per heavy atom. The van der Waals surface area contributed by atoms with Crippen molar-refractivity contribution in [1.82, 2.24) is 0 Å². The average molecular weight is 948 g/mol. The van der Waals surface area contributed by atoms with Gasteiger partial charge in [0, 0.05) is 19.3 Å². The second-order valence-electron chi connectivity index (χ2n) is 21.5. The zero-order valence-electron chi connectivity index (χ0n) is 45.9. The van der Waals surface area contributed by atoms with Crippen LogP contribution in [0.4, 0.5) is 0 Å². The summed E-state index contributed by atoms with van der Waals surface area (Å²) in [5.41, 5.74) is 0. The smallest absolute Gasteiger partial charge is 0.306 e. The first-order valence-corrected chi connectivity index (χ1v) is 30.4. The number of hydrogen-bond acceptors (Lipinski definition) is 6. The van der Waals surface area contributed by atoms with E-state index in [-0.39, 0.29) is 31.1 Å². The van der Waals surface area contributed by atoms with Gasteiger partial charge in [0.2, 0.25) is 0 Å². The van der Waals surface area contributed by atoms with Crippen LogP contribution in [-0.2, 0) is 28.6 Å². The van der Waals surface area contributed by atoms with Gasteiger partial charge >= 0.3 is 17.9 Å². The van der Waals surface area contributed by atoms with Gasteiger partial charge in [-0.25, -0.2) is 0 Å². The Morgan fingerprint density at radius 2 is 0.493 bits per heavy atom.